The van der Waals surface area contributed by atoms with Crippen molar-refractivity contribution in [3.8, 4) is 0 Å². The van der Waals surface area contributed by atoms with Crippen LogP contribution in [0.1, 0.15) is 22.5 Å². The number of rotatable bonds is 8. The summed E-state index contributed by atoms with van der Waals surface area (Å²) < 4.78 is 0. The Morgan fingerprint density at radius 1 is 1.25 bits per heavy atom. The van der Waals surface area contributed by atoms with Crippen molar-refractivity contribution in [3.05, 3.63) is 41.6 Å². The lowest BCUT2D eigenvalue weighted by atomic mass is 10.2. The molecule has 1 aromatic carbocycles. The fraction of sp³-hybridized carbons (Fsp3) is 0.353. The standard InChI is InChI=1S/C17H23N5O2/c1-12-11-15(20-14-8-5-4-7-13(14)16(23)24)21-17(19-12)18-9-6-10-22(2)3/h4-5,7-8,11H,6,9-10H2,1-3H3,(H,23,24)(H2,18,19,20,21). The minimum Gasteiger partial charge on any atom is -0.478 e. The number of carbonyl (C=O) groups is 1. The largest absolute Gasteiger partial charge is 0.478 e. The summed E-state index contributed by atoms with van der Waals surface area (Å²) in [6.07, 6.45) is 0.981. The van der Waals surface area contributed by atoms with E-state index in [-0.39, 0.29) is 5.56 Å². The van der Waals surface area contributed by atoms with Gasteiger partial charge in [-0.1, -0.05) is 12.1 Å². The number of anilines is 3. The number of aromatic nitrogens is 2. The van der Waals surface area contributed by atoms with Crippen LogP contribution in [0, 0.1) is 6.92 Å². The van der Waals surface area contributed by atoms with Gasteiger partial charge >= 0.3 is 5.97 Å². The van der Waals surface area contributed by atoms with Gasteiger partial charge in [0.1, 0.15) is 5.82 Å². The molecule has 24 heavy (non-hydrogen) atoms. The average Bonchev–Trinajstić information content (AvgIpc) is 2.51. The van der Waals surface area contributed by atoms with Gasteiger partial charge in [0.25, 0.3) is 0 Å². The highest BCUT2D eigenvalue weighted by atomic mass is 16.4. The highest BCUT2D eigenvalue weighted by Gasteiger charge is 2.10. The average molecular weight is 329 g/mol. The molecule has 2 rings (SSSR count). The number of nitrogens with one attached hydrogen (secondary N) is 2. The normalized spacial score (nSPS) is 10.7. The molecule has 1 aromatic heterocycles. The summed E-state index contributed by atoms with van der Waals surface area (Å²) in [5, 5.41) is 15.5. The molecular formula is C17H23N5O2. The van der Waals surface area contributed by atoms with E-state index in [2.05, 4.69) is 25.5 Å². The highest BCUT2D eigenvalue weighted by molar-refractivity contribution is 5.95. The van der Waals surface area contributed by atoms with Crippen LogP contribution >= 0.6 is 0 Å². The summed E-state index contributed by atoms with van der Waals surface area (Å²) >= 11 is 0. The van der Waals surface area contributed by atoms with Gasteiger partial charge in [0.05, 0.1) is 11.3 Å². The third-order valence-corrected chi connectivity index (χ3v) is 3.34. The van der Waals surface area contributed by atoms with Crippen LogP contribution in [-0.2, 0) is 0 Å². The lowest BCUT2D eigenvalue weighted by molar-refractivity contribution is 0.0698. The van der Waals surface area contributed by atoms with Gasteiger partial charge in [-0.25, -0.2) is 9.78 Å². The van der Waals surface area contributed by atoms with Crippen molar-refractivity contribution in [2.75, 3.05) is 37.8 Å². The topological polar surface area (TPSA) is 90.4 Å². The fourth-order valence-corrected chi connectivity index (χ4v) is 2.22. The number of para-hydroxylation sites is 1. The van der Waals surface area contributed by atoms with Crippen molar-refractivity contribution in [2.45, 2.75) is 13.3 Å². The Bertz CT molecular complexity index is 703. The fourth-order valence-electron chi connectivity index (χ4n) is 2.22. The van der Waals surface area contributed by atoms with Crippen LogP contribution in [0.4, 0.5) is 17.5 Å². The van der Waals surface area contributed by atoms with Crippen LogP contribution in [0.2, 0.25) is 0 Å². The third kappa shape index (κ3) is 5.20. The molecule has 0 fully saturated rings. The van der Waals surface area contributed by atoms with Crippen molar-refractivity contribution in [1.29, 1.82) is 0 Å². The first-order valence-corrected chi connectivity index (χ1v) is 7.79. The Kier molecular flexibility index (Phi) is 6.08. The van der Waals surface area contributed by atoms with Crippen LogP contribution < -0.4 is 10.6 Å². The van der Waals surface area contributed by atoms with E-state index in [1.807, 2.05) is 21.0 Å². The minimum absolute atomic E-state index is 0.203. The van der Waals surface area contributed by atoms with Crippen molar-refractivity contribution in [1.82, 2.24) is 14.9 Å². The lowest BCUT2D eigenvalue weighted by Gasteiger charge is -2.12. The first kappa shape index (κ1) is 17.7. The molecule has 0 aliphatic rings. The number of nitrogens with zero attached hydrogens (tertiary/aromatic N) is 3. The molecule has 2 aromatic rings. The highest BCUT2D eigenvalue weighted by Crippen LogP contribution is 2.20. The molecule has 0 aliphatic heterocycles. The summed E-state index contributed by atoms with van der Waals surface area (Å²) in [5.41, 5.74) is 1.51. The molecule has 0 saturated carbocycles. The van der Waals surface area contributed by atoms with Crippen LogP contribution in [0.25, 0.3) is 0 Å². The van der Waals surface area contributed by atoms with Crippen molar-refractivity contribution in [2.24, 2.45) is 0 Å². The molecule has 128 valence electrons. The van der Waals surface area contributed by atoms with Crippen molar-refractivity contribution in [3.63, 3.8) is 0 Å². The summed E-state index contributed by atoms with van der Waals surface area (Å²) in [7, 11) is 4.07. The molecule has 0 aliphatic carbocycles. The maximum absolute atomic E-state index is 11.3. The Morgan fingerprint density at radius 3 is 2.71 bits per heavy atom. The molecule has 0 saturated heterocycles. The van der Waals surface area contributed by atoms with E-state index in [1.165, 1.54) is 0 Å². The molecule has 7 nitrogen and oxygen atoms in total. The second-order valence-corrected chi connectivity index (χ2v) is 5.78. The zero-order valence-corrected chi connectivity index (χ0v) is 14.2. The monoisotopic (exact) mass is 329 g/mol. The summed E-state index contributed by atoms with van der Waals surface area (Å²) in [6, 6.07) is 8.52. The van der Waals surface area contributed by atoms with Gasteiger partial charge in [-0.05, 0) is 46.1 Å². The Morgan fingerprint density at radius 2 is 2.00 bits per heavy atom. The molecular weight excluding hydrogens is 306 g/mol. The van der Waals surface area contributed by atoms with E-state index in [1.54, 1.807) is 30.3 Å². The number of carboxylic acid groups (broad SMARTS) is 1. The third-order valence-electron chi connectivity index (χ3n) is 3.34. The number of hydrogen-bond donors (Lipinski definition) is 3. The summed E-state index contributed by atoms with van der Waals surface area (Å²) in [5.74, 6) is 0.112. The van der Waals surface area contributed by atoms with Gasteiger partial charge in [-0.2, -0.15) is 4.98 Å². The number of aromatic carboxylic acids is 1. The minimum atomic E-state index is -0.981. The SMILES string of the molecule is Cc1cc(Nc2ccccc2C(=O)O)nc(NCCCN(C)C)n1. The van der Waals surface area contributed by atoms with Gasteiger partial charge in [0.15, 0.2) is 0 Å². The predicted octanol–water partition coefficient (Wildman–Crippen LogP) is 2.59. The van der Waals surface area contributed by atoms with E-state index >= 15 is 0 Å². The molecule has 3 N–H and O–H groups in total. The van der Waals surface area contributed by atoms with Crippen LogP contribution in [-0.4, -0.2) is 53.1 Å². The first-order valence-electron chi connectivity index (χ1n) is 7.79. The van der Waals surface area contributed by atoms with Crippen LogP contribution in [0.15, 0.2) is 30.3 Å². The van der Waals surface area contributed by atoms with Gasteiger partial charge in [0, 0.05) is 18.3 Å². The van der Waals surface area contributed by atoms with E-state index in [9.17, 15) is 9.90 Å². The quantitative estimate of drug-likeness (QED) is 0.641. The summed E-state index contributed by atoms with van der Waals surface area (Å²) in [4.78, 5) is 22.2. The van der Waals surface area contributed by atoms with Gasteiger partial charge < -0.3 is 20.6 Å². The van der Waals surface area contributed by atoms with E-state index in [0.29, 0.717) is 17.5 Å². The van der Waals surface area contributed by atoms with Crippen LogP contribution in [0.3, 0.4) is 0 Å². The number of carboxylic acids is 1. The lowest BCUT2D eigenvalue weighted by Crippen LogP contribution is -2.17. The zero-order chi connectivity index (χ0) is 17.5. The predicted molar refractivity (Wildman–Crippen MR) is 95.1 cm³/mol. The number of hydrogen-bond acceptors (Lipinski definition) is 6. The number of benzene rings is 1. The summed E-state index contributed by atoms with van der Waals surface area (Å²) in [6.45, 7) is 3.63. The van der Waals surface area contributed by atoms with Crippen molar-refractivity contribution < 1.29 is 9.90 Å². The van der Waals surface area contributed by atoms with E-state index < -0.39 is 5.97 Å². The molecule has 0 atom stereocenters. The zero-order valence-electron chi connectivity index (χ0n) is 14.2. The molecule has 0 bridgehead atoms. The van der Waals surface area contributed by atoms with E-state index in [4.69, 9.17) is 0 Å². The smallest absolute Gasteiger partial charge is 0.337 e. The Hall–Kier alpha value is -2.67. The molecule has 0 amide bonds. The number of aryl methyl sites for hydroxylation is 1. The second kappa shape index (κ2) is 8.26. The maximum Gasteiger partial charge on any atom is 0.337 e. The van der Waals surface area contributed by atoms with E-state index in [0.717, 1.165) is 25.2 Å². The first-order chi connectivity index (χ1) is 11.5. The molecule has 0 spiro atoms. The molecule has 0 unspecified atom stereocenters. The molecule has 1 heterocycles. The van der Waals surface area contributed by atoms with Gasteiger partial charge in [-0.15, -0.1) is 0 Å². The molecule has 7 heteroatoms. The van der Waals surface area contributed by atoms with Crippen molar-refractivity contribution >= 4 is 23.4 Å². The van der Waals surface area contributed by atoms with Gasteiger partial charge in [-0.3, -0.25) is 0 Å². The maximum atomic E-state index is 11.3. The Labute approximate surface area is 141 Å². The second-order valence-electron chi connectivity index (χ2n) is 5.78. The van der Waals surface area contributed by atoms with Gasteiger partial charge in [0.2, 0.25) is 5.95 Å². The van der Waals surface area contributed by atoms with Crippen LogP contribution in [0.5, 0.6) is 0 Å². The Balaban J connectivity index is 2.10. The molecule has 0 radical (unpaired) electrons.